The molecule has 1 unspecified atom stereocenters. The van der Waals surface area contributed by atoms with E-state index >= 15 is 0 Å². The lowest BCUT2D eigenvalue weighted by Crippen LogP contribution is -2.26. The SMILES string of the molecule is CC(C)C1CCNS1(=O)=O. The minimum absolute atomic E-state index is 0.160. The van der Waals surface area contributed by atoms with Crippen molar-refractivity contribution in [2.75, 3.05) is 6.54 Å². The first-order chi connectivity index (χ1) is 4.54. The number of sulfonamides is 1. The van der Waals surface area contributed by atoms with E-state index in [-0.39, 0.29) is 11.2 Å². The molecule has 3 nitrogen and oxygen atoms in total. The molecule has 0 saturated carbocycles. The van der Waals surface area contributed by atoms with Gasteiger partial charge in [-0.05, 0) is 12.3 Å². The van der Waals surface area contributed by atoms with Crippen LogP contribution in [0.25, 0.3) is 0 Å². The standard InChI is InChI=1S/C6H13NO2S/c1-5(2)6-3-4-7-10(6,8)9/h5-7H,3-4H2,1-2H3. The van der Waals surface area contributed by atoms with Gasteiger partial charge in [0, 0.05) is 6.54 Å². The van der Waals surface area contributed by atoms with Crippen molar-refractivity contribution < 1.29 is 8.42 Å². The number of rotatable bonds is 1. The summed E-state index contributed by atoms with van der Waals surface area (Å²) >= 11 is 0. The molecule has 0 bridgehead atoms. The molecule has 1 fully saturated rings. The van der Waals surface area contributed by atoms with Crippen LogP contribution in [0.15, 0.2) is 0 Å². The lowest BCUT2D eigenvalue weighted by atomic mass is 10.1. The van der Waals surface area contributed by atoms with E-state index in [0.29, 0.717) is 6.54 Å². The second-order valence-electron chi connectivity index (χ2n) is 3.01. The number of nitrogens with one attached hydrogen (secondary N) is 1. The van der Waals surface area contributed by atoms with Gasteiger partial charge in [0.25, 0.3) is 0 Å². The van der Waals surface area contributed by atoms with Crippen LogP contribution in [-0.2, 0) is 10.0 Å². The third kappa shape index (κ3) is 1.32. The van der Waals surface area contributed by atoms with E-state index in [0.717, 1.165) is 6.42 Å². The molecule has 4 heteroatoms. The third-order valence-electron chi connectivity index (χ3n) is 1.87. The zero-order chi connectivity index (χ0) is 7.78. The highest BCUT2D eigenvalue weighted by molar-refractivity contribution is 7.90. The van der Waals surface area contributed by atoms with Crippen LogP contribution in [0.1, 0.15) is 20.3 Å². The van der Waals surface area contributed by atoms with Crippen LogP contribution in [0, 0.1) is 5.92 Å². The first-order valence-corrected chi connectivity index (χ1v) is 5.07. The molecule has 60 valence electrons. The minimum Gasteiger partial charge on any atom is -0.215 e. The van der Waals surface area contributed by atoms with Crippen LogP contribution in [0.3, 0.4) is 0 Å². The van der Waals surface area contributed by atoms with Crippen LogP contribution >= 0.6 is 0 Å². The van der Waals surface area contributed by atoms with Crippen molar-refractivity contribution in [3.63, 3.8) is 0 Å². The van der Waals surface area contributed by atoms with E-state index in [9.17, 15) is 8.42 Å². The molecule has 0 aromatic rings. The van der Waals surface area contributed by atoms with Gasteiger partial charge in [0.2, 0.25) is 10.0 Å². The molecule has 1 atom stereocenters. The van der Waals surface area contributed by atoms with E-state index in [1.165, 1.54) is 0 Å². The Hall–Kier alpha value is -0.0900. The summed E-state index contributed by atoms with van der Waals surface area (Å²) in [7, 11) is -2.94. The minimum atomic E-state index is -2.94. The average molecular weight is 163 g/mol. The van der Waals surface area contributed by atoms with Crippen LogP contribution in [-0.4, -0.2) is 20.2 Å². The van der Waals surface area contributed by atoms with E-state index in [2.05, 4.69) is 4.72 Å². The van der Waals surface area contributed by atoms with Gasteiger partial charge in [-0.2, -0.15) is 0 Å². The van der Waals surface area contributed by atoms with E-state index in [1.54, 1.807) is 0 Å². The van der Waals surface area contributed by atoms with Gasteiger partial charge in [0.15, 0.2) is 0 Å². The largest absolute Gasteiger partial charge is 0.215 e. The fourth-order valence-electron chi connectivity index (χ4n) is 1.30. The Bertz CT molecular complexity index is 208. The maximum absolute atomic E-state index is 11.1. The van der Waals surface area contributed by atoms with Gasteiger partial charge >= 0.3 is 0 Å². The van der Waals surface area contributed by atoms with Crippen molar-refractivity contribution in [2.45, 2.75) is 25.5 Å². The molecule has 1 aliphatic rings. The average Bonchev–Trinajstić information content (AvgIpc) is 2.08. The van der Waals surface area contributed by atoms with Gasteiger partial charge in [-0.25, -0.2) is 13.1 Å². The van der Waals surface area contributed by atoms with Crippen molar-refractivity contribution in [2.24, 2.45) is 5.92 Å². The Morgan fingerprint density at radius 1 is 1.50 bits per heavy atom. The summed E-state index contributed by atoms with van der Waals surface area (Å²) in [5.74, 6) is 0.236. The summed E-state index contributed by atoms with van der Waals surface area (Å²) < 4.78 is 24.7. The first kappa shape index (κ1) is 8.01. The Morgan fingerprint density at radius 3 is 2.30 bits per heavy atom. The summed E-state index contributed by atoms with van der Waals surface area (Å²) in [6, 6.07) is 0. The van der Waals surface area contributed by atoms with Crippen LogP contribution in [0.2, 0.25) is 0 Å². The molecule has 0 spiro atoms. The molecule has 0 amide bonds. The normalized spacial score (nSPS) is 31.3. The third-order valence-corrected chi connectivity index (χ3v) is 4.06. The van der Waals surface area contributed by atoms with Gasteiger partial charge in [-0.3, -0.25) is 0 Å². The molecule has 1 heterocycles. The van der Waals surface area contributed by atoms with Gasteiger partial charge < -0.3 is 0 Å². The smallest absolute Gasteiger partial charge is 0.214 e. The molecule has 0 aromatic heterocycles. The van der Waals surface area contributed by atoms with Crippen LogP contribution in [0.5, 0.6) is 0 Å². The molecule has 10 heavy (non-hydrogen) atoms. The highest BCUT2D eigenvalue weighted by Gasteiger charge is 2.32. The molecule has 0 radical (unpaired) electrons. The van der Waals surface area contributed by atoms with E-state index in [1.807, 2.05) is 13.8 Å². The Labute approximate surface area is 61.9 Å². The molecular weight excluding hydrogens is 150 g/mol. The predicted octanol–water partition coefficient (Wildman–Crippen LogP) is 0.334. The van der Waals surface area contributed by atoms with Crippen molar-refractivity contribution >= 4 is 10.0 Å². The summed E-state index contributed by atoms with van der Waals surface area (Å²) in [5, 5.41) is -0.160. The zero-order valence-corrected chi connectivity index (χ0v) is 7.11. The Morgan fingerprint density at radius 2 is 2.10 bits per heavy atom. The molecule has 1 saturated heterocycles. The van der Waals surface area contributed by atoms with Gasteiger partial charge in [0.1, 0.15) is 0 Å². The van der Waals surface area contributed by atoms with E-state index in [4.69, 9.17) is 0 Å². The topological polar surface area (TPSA) is 46.2 Å². The van der Waals surface area contributed by atoms with Gasteiger partial charge in [-0.15, -0.1) is 0 Å². The van der Waals surface area contributed by atoms with Gasteiger partial charge in [-0.1, -0.05) is 13.8 Å². The fourth-order valence-corrected chi connectivity index (χ4v) is 3.06. The zero-order valence-electron chi connectivity index (χ0n) is 6.29. The quantitative estimate of drug-likeness (QED) is 0.605. The highest BCUT2D eigenvalue weighted by Crippen LogP contribution is 2.19. The Balaban J connectivity index is 2.79. The summed E-state index contributed by atoms with van der Waals surface area (Å²) in [6.07, 6.45) is 0.764. The number of hydrogen-bond acceptors (Lipinski definition) is 2. The van der Waals surface area contributed by atoms with Crippen molar-refractivity contribution in [3.8, 4) is 0 Å². The lowest BCUT2D eigenvalue weighted by Gasteiger charge is -2.10. The second-order valence-corrected chi connectivity index (χ2v) is 4.99. The lowest BCUT2D eigenvalue weighted by molar-refractivity contribution is 0.540. The number of hydrogen-bond donors (Lipinski definition) is 1. The molecular formula is C6H13NO2S. The first-order valence-electron chi connectivity index (χ1n) is 3.52. The van der Waals surface area contributed by atoms with Gasteiger partial charge in [0.05, 0.1) is 5.25 Å². The fraction of sp³-hybridized carbons (Fsp3) is 1.00. The molecule has 1 rings (SSSR count). The maximum atomic E-state index is 11.1. The van der Waals surface area contributed by atoms with Crippen molar-refractivity contribution in [1.82, 2.24) is 4.72 Å². The van der Waals surface area contributed by atoms with Crippen molar-refractivity contribution in [1.29, 1.82) is 0 Å². The molecule has 1 aliphatic heterocycles. The Kier molecular flexibility index (Phi) is 2.01. The van der Waals surface area contributed by atoms with Crippen LogP contribution in [0.4, 0.5) is 0 Å². The second kappa shape index (κ2) is 2.51. The predicted molar refractivity (Wildman–Crippen MR) is 40.2 cm³/mol. The van der Waals surface area contributed by atoms with Crippen molar-refractivity contribution in [3.05, 3.63) is 0 Å². The summed E-state index contributed by atoms with van der Waals surface area (Å²) in [4.78, 5) is 0. The summed E-state index contributed by atoms with van der Waals surface area (Å²) in [5.41, 5.74) is 0. The molecule has 0 aromatic carbocycles. The maximum Gasteiger partial charge on any atom is 0.214 e. The van der Waals surface area contributed by atoms with E-state index < -0.39 is 10.0 Å². The molecule has 0 aliphatic carbocycles. The molecule has 1 N–H and O–H groups in total. The monoisotopic (exact) mass is 163 g/mol. The van der Waals surface area contributed by atoms with Crippen LogP contribution < -0.4 is 4.72 Å². The highest BCUT2D eigenvalue weighted by atomic mass is 32.2. The summed E-state index contributed by atoms with van der Waals surface area (Å²) in [6.45, 7) is 4.50.